The Morgan fingerprint density at radius 2 is 0.851 bits per heavy atom. The van der Waals surface area contributed by atoms with Crippen molar-refractivity contribution in [2.75, 3.05) is 14.2 Å². The van der Waals surface area contributed by atoms with Gasteiger partial charge >= 0.3 is 11.9 Å². The van der Waals surface area contributed by atoms with Gasteiger partial charge in [-0.05, 0) is 67.8 Å². The molecule has 0 unspecified atom stereocenters. The number of hydrogen-bond acceptors (Lipinski definition) is 13. The zero-order valence-corrected chi connectivity index (χ0v) is 25.8. The smallest absolute Gasteiger partial charge is 0.342 e. The topological polar surface area (TPSA) is 228 Å². The number of carbonyl (C=O) groups is 4. The van der Waals surface area contributed by atoms with E-state index >= 15 is 0 Å². The number of esters is 2. The molecule has 0 amide bonds. The highest BCUT2D eigenvalue weighted by molar-refractivity contribution is 6.20. The van der Waals surface area contributed by atoms with Gasteiger partial charge in [-0.15, -0.1) is 0 Å². The summed E-state index contributed by atoms with van der Waals surface area (Å²) in [5.74, 6) is -9.69. The van der Waals surface area contributed by atoms with E-state index in [4.69, 9.17) is 4.74 Å². The molecule has 0 aliphatic carbocycles. The van der Waals surface area contributed by atoms with E-state index in [9.17, 15) is 54.9 Å². The van der Waals surface area contributed by atoms with Crippen LogP contribution in [-0.2, 0) is 15.9 Å². The first-order valence-corrected chi connectivity index (χ1v) is 13.8. The molecule has 0 aromatic heterocycles. The molecule has 0 saturated heterocycles. The highest BCUT2D eigenvalue weighted by Gasteiger charge is 2.33. The average Bonchev–Trinajstić information content (AvgIpc) is 3.01. The Morgan fingerprint density at radius 1 is 0.489 bits per heavy atom. The van der Waals surface area contributed by atoms with Crippen molar-refractivity contribution in [1.82, 2.24) is 0 Å². The van der Waals surface area contributed by atoms with Crippen LogP contribution in [0.3, 0.4) is 0 Å². The predicted molar refractivity (Wildman–Crippen MR) is 164 cm³/mol. The van der Waals surface area contributed by atoms with Gasteiger partial charge in [0, 0.05) is 17.5 Å². The fourth-order valence-corrected chi connectivity index (χ4v) is 5.38. The van der Waals surface area contributed by atoms with Crippen LogP contribution < -0.4 is 0 Å². The number of benzene rings is 4. The van der Waals surface area contributed by atoms with Gasteiger partial charge in [-0.3, -0.25) is 9.59 Å². The lowest BCUT2D eigenvalue weighted by Gasteiger charge is -2.19. The molecular weight excluding hydrogens is 616 g/mol. The van der Waals surface area contributed by atoms with Gasteiger partial charge in [0.1, 0.15) is 56.9 Å². The number of ketones is 2. The lowest BCUT2D eigenvalue weighted by atomic mass is 9.87. The summed E-state index contributed by atoms with van der Waals surface area (Å²) in [5, 5.41) is 75.6. The van der Waals surface area contributed by atoms with Crippen LogP contribution in [0, 0.1) is 20.8 Å². The number of aryl methyl sites for hydroxylation is 3. The van der Waals surface area contributed by atoms with Gasteiger partial charge in [0.25, 0.3) is 0 Å². The van der Waals surface area contributed by atoms with Crippen LogP contribution in [0.25, 0.3) is 0 Å². The van der Waals surface area contributed by atoms with Crippen molar-refractivity contribution in [3.63, 3.8) is 0 Å². The lowest BCUT2D eigenvalue weighted by Crippen LogP contribution is -2.15. The maximum absolute atomic E-state index is 13.8. The molecule has 0 heterocycles. The molecule has 0 saturated carbocycles. The maximum Gasteiger partial charge on any atom is 0.342 e. The Morgan fingerprint density at radius 3 is 1.28 bits per heavy atom. The van der Waals surface area contributed by atoms with E-state index < -0.39 is 98.0 Å². The number of aromatic hydroxyl groups is 7. The molecule has 0 fully saturated rings. The molecule has 0 bridgehead atoms. The second-order valence-corrected chi connectivity index (χ2v) is 10.7. The molecule has 0 atom stereocenters. The zero-order valence-electron chi connectivity index (χ0n) is 25.8. The summed E-state index contributed by atoms with van der Waals surface area (Å²) < 4.78 is 9.38. The first-order chi connectivity index (χ1) is 22.1. The quantitative estimate of drug-likeness (QED) is 0.0811. The standard InChI is InChI=1S/C34H30O13/c1-13-6-7-18(35)24(23(13)33(44)46-4)31(42)27-21(38)10-14(2)16(29(27)40)12-17-15(3)11-22(39)28(30(17)41)32(43)25-19(36)8-9-20(37)26(25)34(45)47-5/h6-11,35-41H,12H2,1-5H3. The molecule has 0 spiro atoms. The highest BCUT2D eigenvalue weighted by atomic mass is 16.5. The molecule has 4 aromatic carbocycles. The molecule has 4 rings (SSSR count). The molecule has 0 aliphatic heterocycles. The second-order valence-electron chi connectivity index (χ2n) is 10.7. The molecule has 0 aliphatic rings. The Kier molecular flexibility index (Phi) is 9.05. The number of carbonyl (C=O) groups excluding carboxylic acids is 4. The first kappa shape index (κ1) is 33.6. The minimum absolute atomic E-state index is 0.0316. The number of ether oxygens (including phenoxy) is 2. The summed E-state index contributed by atoms with van der Waals surface area (Å²) in [5.41, 5.74) is -3.18. The van der Waals surface area contributed by atoms with Gasteiger partial charge in [0.2, 0.25) is 11.6 Å². The zero-order chi connectivity index (χ0) is 35.1. The van der Waals surface area contributed by atoms with Crippen LogP contribution in [-0.4, -0.2) is 73.5 Å². The molecule has 7 N–H and O–H groups in total. The van der Waals surface area contributed by atoms with Gasteiger partial charge in [-0.1, -0.05) is 6.07 Å². The van der Waals surface area contributed by atoms with E-state index in [1.807, 2.05) is 0 Å². The first-order valence-electron chi connectivity index (χ1n) is 13.8. The van der Waals surface area contributed by atoms with Crippen LogP contribution in [0.2, 0.25) is 0 Å². The molecule has 0 radical (unpaired) electrons. The summed E-state index contributed by atoms with van der Waals surface area (Å²) in [4.78, 5) is 52.4. The van der Waals surface area contributed by atoms with Crippen LogP contribution in [0.5, 0.6) is 40.2 Å². The van der Waals surface area contributed by atoms with E-state index in [-0.39, 0.29) is 33.4 Å². The largest absolute Gasteiger partial charge is 0.507 e. The number of phenolic OH excluding ortho intramolecular Hbond substituents is 7. The highest BCUT2D eigenvalue weighted by Crippen LogP contribution is 2.43. The van der Waals surface area contributed by atoms with E-state index in [1.165, 1.54) is 26.8 Å². The van der Waals surface area contributed by atoms with Crippen molar-refractivity contribution >= 4 is 23.5 Å². The monoisotopic (exact) mass is 646 g/mol. The third kappa shape index (κ3) is 5.70. The van der Waals surface area contributed by atoms with Crippen LogP contribution >= 0.6 is 0 Å². The average molecular weight is 647 g/mol. The Balaban J connectivity index is 1.92. The van der Waals surface area contributed by atoms with Gasteiger partial charge in [0.15, 0.2) is 0 Å². The molecule has 4 aromatic rings. The summed E-state index contributed by atoms with van der Waals surface area (Å²) >= 11 is 0. The summed E-state index contributed by atoms with van der Waals surface area (Å²) in [7, 11) is 2.05. The van der Waals surface area contributed by atoms with Crippen LogP contribution in [0.1, 0.15) is 80.4 Å². The maximum atomic E-state index is 13.8. The Labute approximate surface area is 267 Å². The van der Waals surface area contributed by atoms with E-state index in [0.29, 0.717) is 0 Å². The minimum Gasteiger partial charge on any atom is -0.507 e. The SMILES string of the molecule is COC(=O)c1c(C)ccc(O)c1C(=O)c1c(O)cc(C)c(Cc2c(C)cc(O)c(C(=O)c3c(O)ccc(O)c3C(=O)OC)c2O)c1O. The van der Waals surface area contributed by atoms with Gasteiger partial charge in [-0.2, -0.15) is 0 Å². The Hall–Kier alpha value is -6.24. The van der Waals surface area contributed by atoms with Crippen molar-refractivity contribution in [3.8, 4) is 40.2 Å². The fraction of sp³-hybridized carbons (Fsp3) is 0.176. The minimum atomic E-state index is -1.26. The number of phenols is 7. The Bertz CT molecular complexity index is 1860. The van der Waals surface area contributed by atoms with Crippen molar-refractivity contribution in [3.05, 3.63) is 97.6 Å². The van der Waals surface area contributed by atoms with Gasteiger partial charge in [-0.25, -0.2) is 9.59 Å². The normalized spacial score (nSPS) is 10.8. The number of rotatable bonds is 8. The second kappa shape index (κ2) is 12.6. The van der Waals surface area contributed by atoms with E-state index in [0.717, 1.165) is 44.6 Å². The molecule has 13 nitrogen and oxygen atoms in total. The van der Waals surface area contributed by atoms with E-state index in [2.05, 4.69) is 4.74 Å². The molecule has 244 valence electrons. The van der Waals surface area contributed by atoms with Crippen molar-refractivity contribution < 1.29 is 64.4 Å². The predicted octanol–water partition coefficient (Wildman–Crippen LogP) is 4.18. The third-order valence-electron chi connectivity index (χ3n) is 7.81. The number of methoxy groups -OCH3 is 2. The van der Waals surface area contributed by atoms with Crippen molar-refractivity contribution in [2.24, 2.45) is 0 Å². The number of hydrogen-bond donors (Lipinski definition) is 7. The van der Waals surface area contributed by atoms with Crippen LogP contribution in [0.15, 0.2) is 36.4 Å². The fourth-order valence-electron chi connectivity index (χ4n) is 5.38. The summed E-state index contributed by atoms with van der Waals surface area (Å²) in [6.07, 6.45) is -0.407. The summed E-state index contributed by atoms with van der Waals surface area (Å²) in [6, 6.07) is 6.64. The third-order valence-corrected chi connectivity index (χ3v) is 7.81. The molecule has 47 heavy (non-hydrogen) atoms. The lowest BCUT2D eigenvalue weighted by molar-refractivity contribution is 0.0586. The van der Waals surface area contributed by atoms with Gasteiger partial charge < -0.3 is 45.2 Å². The summed E-state index contributed by atoms with van der Waals surface area (Å²) in [6.45, 7) is 4.42. The van der Waals surface area contributed by atoms with E-state index in [1.54, 1.807) is 0 Å². The van der Waals surface area contributed by atoms with Gasteiger partial charge in [0.05, 0.1) is 30.9 Å². The molecule has 13 heteroatoms. The van der Waals surface area contributed by atoms with Crippen molar-refractivity contribution in [2.45, 2.75) is 27.2 Å². The van der Waals surface area contributed by atoms with Crippen molar-refractivity contribution in [1.29, 1.82) is 0 Å². The van der Waals surface area contributed by atoms with Crippen LogP contribution in [0.4, 0.5) is 0 Å². The molecular formula is C34H30O13.